The molecule has 2 heterocycles. The van der Waals surface area contributed by atoms with Crippen LogP contribution in [0.5, 0.6) is 11.5 Å². The van der Waals surface area contributed by atoms with Gasteiger partial charge >= 0.3 is 0 Å². The summed E-state index contributed by atoms with van der Waals surface area (Å²) in [5.41, 5.74) is 8.17. The Hall–Kier alpha value is -3.50. The van der Waals surface area contributed by atoms with E-state index in [0.717, 1.165) is 46.5 Å². The number of aliphatic hydroxyl groups is 3. The summed E-state index contributed by atoms with van der Waals surface area (Å²) >= 11 is 0. The first kappa shape index (κ1) is 25.2. The van der Waals surface area contributed by atoms with Gasteiger partial charge in [-0.15, -0.1) is 0 Å². The van der Waals surface area contributed by atoms with E-state index in [1.807, 2.05) is 54.6 Å². The van der Waals surface area contributed by atoms with E-state index < -0.39 is 11.6 Å². The zero-order valence-corrected chi connectivity index (χ0v) is 20.6. The molecule has 1 saturated carbocycles. The van der Waals surface area contributed by atoms with Crippen LogP contribution in [0.25, 0.3) is 22.2 Å². The van der Waals surface area contributed by atoms with Crippen molar-refractivity contribution in [1.82, 2.24) is 19.9 Å². The monoisotopic (exact) mass is 503 g/mol. The Kier molecular flexibility index (Phi) is 7.38. The number of nitrogen functional groups attached to an aromatic ring is 1. The lowest BCUT2D eigenvalue weighted by Gasteiger charge is -2.37. The van der Waals surface area contributed by atoms with Crippen molar-refractivity contribution in [1.29, 1.82) is 0 Å². The molecule has 1 aliphatic rings. The van der Waals surface area contributed by atoms with Crippen molar-refractivity contribution in [3.05, 3.63) is 67.1 Å². The predicted octanol–water partition coefficient (Wildman–Crippen LogP) is 3.26. The molecule has 0 amide bonds. The highest BCUT2D eigenvalue weighted by atomic mass is 16.5. The van der Waals surface area contributed by atoms with E-state index in [1.54, 1.807) is 0 Å². The van der Waals surface area contributed by atoms with Gasteiger partial charge in [-0.3, -0.25) is 0 Å². The summed E-state index contributed by atoms with van der Waals surface area (Å²) in [6.45, 7) is -0.0165. The summed E-state index contributed by atoms with van der Waals surface area (Å²) in [5, 5.41) is 33.5. The maximum atomic E-state index is 11.1. The number of benzene rings is 2. The van der Waals surface area contributed by atoms with Crippen LogP contribution >= 0.6 is 0 Å². The molecular weight excluding hydrogens is 470 g/mol. The molecule has 37 heavy (non-hydrogen) atoms. The second kappa shape index (κ2) is 10.9. The molecule has 0 unspecified atom stereocenters. The Balaban J connectivity index is 1.37. The highest BCUT2D eigenvalue weighted by Crippen LogP contribution is 2.40. The van der Waals surface area contributed by atoms with E-state index in [-0.39, 0.29) is 19.3 Å². The standard InChI is InChI=1S/C28H33N5O4/c29-26-25-24(19-6-8-23(9-7-19)37-22-4-2-1-3-5-22)14-33(27(25)32-18-31-26)21-10-12-28(36,13-11-21)17-30-20(15-34)16-35/h1-9,14,18,20-21,30,34-36H,10-13,15-17H2,(H2,29,31,32)/t21-,28+. The number of aliphatic hydroxyl groups excluding tert-OH is 2. The second-order valence-corrected chi connectivity index (χ2v) is 9.75. The molecule has 6 N–H and O–H groups in total. The predicted molar refractivity (Wildman–Crippen MR) is 142 cm³/mol. The number of nitrogens with two attached hydrogens (primary N) is 1. The highest BCUT2D eigenvalue weighted by molar-refractivity contribution is 6.00. The molecule has 194 valence electrons. The summed E-state index contributed by atoms with van der Waals surface area (Å²) in [7, 11) is 0. The minimum absolute atomic E-state index is 0.151. The van der Waals surface area contributed by atoms with Gasteiger partial charge in [-0.25, -0.2) is 9.97 Å². The number of ether oxygens (including phenoxy) is 1. The van der Waals surface area contributed by atoms with Gasteiger partial charge in [0.15, 0.2) is 0 Å². The molecule has 0 atom stereocenters. The number of nitrogens with zero attached hydrogens (tertiary/aromatic N) is 3. The summed E-state index contributed by atoms with van der Waals surface area (Å²) < 4.78 is 8.10. The Morgan fingerprint density at radius 3 is 2.35 bits per heavy atom. The molecule has 0 aliphatic heterocycles. The van der Waals surface area contributed by atoms with Crippen molar-refractivity contribution in [2.24, 2.45) is 0 Å². The molecule has 1 fully saturated rings. The average molecular weight is 504 g/mol. The van der Waals surface area contributed by atoms with Gasteiger partial charge in [0.25, 0.3) is 0 Å². The first-order valence-electron chi connectivity index (χ1n) is 12.6. The minimum Gasteiger partial charge on any atom is -0.457 e. The van der Waals surface area contributed by atoms with Crippen LogP contribution in [0.2, 0.25) is 0 Å². The van der Waals surface area contributed by atoms with Crippen molar-refractivity contribution in [2.75, 3.05) is 25.5 Å². The normalized spacial score (nSPS) is 19.9. The third-order valence-corrected chi connectivity index (χ3v) is 7.22. The fourth-order valence-corrected chi connectivity index (χ4v) is 5.05. The summed E-state index contributed by atoms with van der Waals surface area (Å²) in [6.07, 6.45) is 6.28. The lowest BCUT2D eigenvalue weighted by Crippen LogP contribution is -2.48. The first-order valence-corrected chi connectivity index (χ1v) is 12.6. The SMILES string of the molecule is Nc1ncnc2c1c(-c1ccc(Oc3ccccc3)cc1)cn2[C@H]1CC[C@](O)(CNC(CO)CO)CC1. The molecule has 9 heteroatoms. The molecule has 0 saturated heterocycles. The van der Waals surface area contributed by atoms with Crippen LogP contribution in [0.1, 0.15) is 31.7 Å². The quantitative estimate of drug-likeness (QED) is 0.235. The number of anilines is 1. The fourth-order valence-electron chi connectivity index (χ4n) is 5.05. The van der Waals surface area contributed by atoms with E-state index in [2.05, 4.69) is 26.0 Å². The summed E-state index contributed by atoms with van der Waals surface area (Å²) in [6, 6.07) is 17.3. The molecule has 9 nitrogen and oxygen atoms in total. The van der Waals surface area contributed by atoms with Gasteiger partial charge in [0.1, 0.15) is 29.3 Å². The third kappa shape index (κ3) is 5.45. The Bertz CT molecular complexity index is 1310. The largest absolute Gasteiger partial charge is 0.457 e. The van der Waals surface area contributed by atoms with Crippen molar-refractivity contribution in [3.8, 4) is 22.6 Å². The number of rotatable bonds is 9. The highest BCUT2D eigenvalue weighted by Gasteiger charge is 2.35. The molecule has 4 aromatic rings. The Morgan fingerprint density at radius 1 is 1.00 bits per heavy atom. The summed E-state index contributed by atoms with van der Waals surface area (Å²) in [5.74, 6) is 1.95. The van der Waals surface area contributed by atoms with Crippen LogP contribution < -0.4 is 15.8 Å². The summed E-state index contributed by atoms with van der Waals surface area (Å²) in [4.78, 5) is 8.82. The lowest BCUT2D eigenvalue weighted by molar-refractivity contribution is -0.0112. The van der Waals surface area contributed by atoms with Crippen molar-refractivity contribution >= 4 is 16.9 Å². The zero-order chi connectivity index (χ0) is 25.8. The maximum Gasteiger partial charge on any atom is 0.146 e. The Morgan fingerprint density at radius 2 is 1.68 bits per heavy atom. The van der Waals surface area contributed by atoms with Crippen molar-refractivity contribution < 1.29 is 20.1 Å². The van der Waals surface area contributed by atoms with E-state index in [9.17, 15) is 15.3 Å². The second-order valence-electron chi connectivity index (χ2n) is 9.75. The average Bonchev–Trinajstić information content (AvgIpc) is 3.32. The topological polar surface area (TPSA) is 139 Å². The number of fused-ring (bicyclic) bond motifs is 1. The molecule has 2 aromatic carbocycles. The van der Waals surface area contributed by atoms with Crippen LogP contribution in [0.3, 0.4) is 0 Å². The molecular formula is C28H33N5O4. The van der Waals surface area contributed by atoms with Crippen LogP contribution in [0.4, 0.5) is 5.82 Å². The van der Waals surface area contributed by atoms with Gasteiger partial charge in [0, 0.05) is 24.3 Å². The smallest absolute Gasteiger partial charge is 0.146 e. The number of aromatic nitrogens is 3. The minimum atomic E-state index is -0.881. The number of hydrogen-bond acceptors (Lipinski definition) is 8. The third-order valence-electron chi connectivity index (χ3n) is 7.22. The molecule has 5 rings (SSSR count). The van der Waals surface area contributed by atoms with E-state index in [0.29, 0.717) is 25.2 Å². The number of nitrogens with one attached hydrogen (secondary N) is 1. The van der Waals surface area contributed by atoms with Gasteiger partial charge in [0.2, 0.25) is 0 Å². The van der Waals surface area contributed by atoms with Crippen molar-refractivity contribution in [3.63, 3.8) is 0 Å². The van der Waals surface area contributed by atoms with Crippen LogP contribution in [0, 0.1) is 0 Å². The Labute approximate surface area is 215 Å². The van der Waals surface area contributed by atoms with Gasteiger partial charge in [-0.1, -0.05) is 30.3 Å². The van der Waals surface area contributed by atoms with Gasteiger partial charge in [-0.2, -0.15) is 0 Å². The zero-order valence-electron chi connectivity index (χ0n) is 20.6. The van der Waals surface area contributed by atoms with E-state index in [1.165, 1.54) is 6.33 Å². The number of para-hydroxylation sites is 1. The lowest BCUT2D eigenvalue weighted by atomic mass is 9.82. The van der Waals surface area contributed by atoms with Gasteiger partial charge in [-0.05, 0) is 55.5 Å². The van der Waals surface area contributed by atoms with Crippen LogP contribution in [0.15, 0.2) is 67.1 Å². The molecule has 2 aromatic heterocycles. The molecule has 1 aliphatic carbocycles. The fraction of sp³-hybridized carbons (Fsp3) is 0.357. The molecule has 0 bridgehead atoms. The van der Waals surface area contributed by atoms with E-state index >= 15 is 0 Å². The molecule has 0 radical (unpaired) electrons. The van der Waals surface area contributed by atoms with Crippen LogP contribution in [-0.4, -0.2) is 61.3 Å². The maximum absolute atomic E-state index is 11.1. The van der Waals surface area contributed by atoms with Gasteiger partial charge in [0.05, 0.1) is 30.2 Å². The van der Waals surface area contributed by atoms with E-state index in [4.69, 9.17) is 10.5 Å². The number of hydrogen-bond donors (Lipinski definition) is 5. The van der Waals surface area contributed by atoms with Gasteiger partial charge < -0.3 is 35.7 Å². The molecule has 0 spiro atoms. The van der Waals surface area contributed by atoms with Crippen molar-refractivity contribution in [2.45, 2.75) is 43.4 Å². The van der Waals surface area contributed by atoms with Crippen LogP contribution in [-0.2, 0) is 0 Å². The first-order chi connectivity index (χ1) is 18.0.